The Labute approximate surface area is 179 Å². The number of nitrogens with one attached hydrogen (secondary N) is 1. The fourth-order valence-corrected chi connectivity index (χ4v) is 4.93. The Morgan fingerprint density at radius 3 is 2.60 bits per heavy atom. The van der Waals surface area contributed by atoms with Crippen LogP contribution in [0.25, 0.3) is 10.2 Å². The first-order valence-electron chi connectivity index (χ1n) is 10.3. The van der Waals surface area contributed by atoms with Crippen molar-refractivity contribution in [2.24, 2.45) is 0 Å². The first-order chi connectivity index (χ1) is 14.6. The van der Waals surface area contributed by atoms with Crippen molar-refractivity contribution in [2.75, 3.05) is 37.6 Å². The molecule has 0 spiro atoms. The van der Waals surface area contributed by atoms with Gasteiger partial charge in [-0.05, 0) is 43.1 Å². The number of hydrogen-bond acceptors (Lipinski definition) is 6. The molecule has 1 aromatic carbocycles. The minimum absolute atomic E-state index is 0.140. The molecule has 0 bridgehead atoms. The van der Waals surface area contributed by atoms with Crippen LogP contribution in [0, 0.1) is 12.7 Å². The van der Waals surface area contributed by atoms with Crippen LogP contribution in [-0.2, 0) is 6.54 Å². The molecule has 1 aliphatic heterocycles. The molecule has 0 saturated carbocycles. The van der Waals surface area contributed by atoms with Crippen molar-refractivity contribution < 1.29 is 9.18 Å². The van der Waals surface area contributed by atoms with Crippen LogP contribution in [0.2, 0.25) is 0 Å². The zero-order valence-electron chi connectivity index (χ0n) is 17.3. The smallest absolute Gasteiger partial charge is 0.261 e. The van der Waals surface area contributed by atoms with Gasteiger partial charge < -0.3 is 10.2 Å². The Morgan fingerprint density at radius 1 is 1.17 bits per heavy atom. The largest absolute Gasteiger partial charge is 0.353 e. The molecule has 0 radical (unpaired) electrons. The lowest BCUT2D eigenvalue weighted by Gasteiger charge is -2.35. The van der Waals surface area contributed by atoms with Crippen molar-refractivity contribution in [1.82, 2.24) is 20.2 Å². The first kappa shape index (κ1) is 20.7. The first-order valence-corrected chi connectivity index (χ1v) is 11.1. The number of aryl methyl sites for hydroxylation is 1. The number of thiophene rings is 1. The molecule has 30 heavy (non-hydrogen) atoms. The summed E-state index contributed by atoms with van der Waals surface area (Å²) >= 11 is 1.40. The van der Waals surface area contributed by atoms with Crippen LogP contribution in [0.1, 0.15) is 34.1 Å². The van der Waals surface area contributed by atoms with Gasteiger partial charge in [0.2, 0.25) is 0 Å². The average molecular weight is 428 g/mol. The van der Waals surface area contributed by atoms with Gasteiger partial charge in [-0.25, -0.2) is 14.4 Å². The van der Waals surface area contributed by atoms with E-state index in [-0.39, 0.29) is 11.7 Å². The predicted molar refractivity (Wildman–Crippen MR) is 119 cm³/mol. The number of aromatic nitrogens is 2. The molecule has 1 aliphatic rings. The number of rotatable bonds is 6. The summed E-state index contributed by atoms with van der Waals surface area (Å²) in [6.45, 7) is 9.54. The molecule has 2 aromatic heterocycles. The van der Waals surface area contributed by atoms with E-state index >= 15 is 0 Å². The topological polar surface area (TPSA) is 61.4 Å². The Hall–Kier alpha value is -2.58. The molecule has 1 amide bonds. The fraction of sp³-hybridized carbons (Fsp3) is 0.409. The van der Waals surface area contributed by atoms with Gasteiger partial charge in [-0.15, -0.1) is 11.3 Å². The van der Waals surface area contributed by atoms with Crippen molar-refractivity contribution in [1.29, 1.82) is 0 Å². The van der Waals surface area contributed by atoms with E-state index in [1.807, 2.05) is 6.92 Å². The number of carbonyl (C=O) groups excluding carboxylic acids is 1. The maximum Gasteiger partial charge on any atom is 0.261 e. The van der Waals surface area contributed by atoms with E-state index in [4.69, 9.17) is 0 Å². The normalized spacial score (nSPS) is 15.0. The van der Waals surface area contributed by atoms with Gasteiger partial charge in [-0.1, -0.05) is 19.1 Å². The van der Waals surface area contributed by atoms with E-state index in [1.54, 1.807) is 18.5 Å². The van der Waals surface area contributed by atoms with Gasteiger partial charge in [-0.3, -0.25) is 9.69 Å². The van der Waals surface area contributed by atoms with E-state index in [2.05, 4.69) is 32.0 Å². The number of amides is 1. The highest BCUT2D eigenvalue weighted by atomic mass is 32.1. The van der Waals surface area contributed by atoms with Gasteiger partial charge in [0, 0.05) is 32.7 Å². The number of fused-ring (bicyclic) bond motifs is 1. The maximum atomic E-state index is 13.1. The number of piperazine rings is 1. The van der Waals surface area contributed by atoms with Crippen LogP contribution < -0.4 is 10.2 Å². The van der Waals surface area contributed by atoms with E-state index in [9.17, 15) is 9.18 Å². The van der Waals surface area contributed by atoms with Crippen LogP contribution in [-0.4, -0.2) is 53.5 Å². The fourth-order valence-electron chi connectivity index (χ4n) is 3.87. The summed E-state index contributed by atoms with van der Waals surface area (Å²) in [5.41, 5.74) is 1.77. The third-order valence-corrected chi connectivity index (χ3v) is 6.69. The number of halogens is 1. The van der Waals surface area contributed by atoms with Crippen molar-refractivity contribution in [3.8, 4) is 0 Å². The quantitative estimate of drug-likeness (QED) is 0.651. The average Bonchev–Trinajstić information content (AvgIpc) is 3.11. The third-order valence-electron chi connectivity index (χ3n) is 5.49. The van der Waals surface area contributed by atoms with E-state index in [0.29, 0.717) is 11.4 Å². The molecule has 4 rings (SSSR count). The number of nitrogens with zero attached hydrogens (tertiary/aromatic N) is 4. The molecule has 0 atom stereocenters. The molecule has 1 fully saturated rings. The van der Waals surface area contributed by atoms with Crippen LogP contribution in [0.3, 0.4) is 0 Å². The van der Waals surface area contributed by atoms with Crippen molar-refractivity contribution >= 4 is 33.3 Å². The minimum atomic E-state index is -0.285. The molecule has 8 heteroatoms. The van der Waals surface area contributed by atoms with Gasteiger partial charge in [0.15, 0.2) is 0 Å². The van der Waals surface area contributed by atoms with Crippen LogP contribution in [0.5, 0.6) is 0 Å². The SMILES string of the molecule is CCCN1CCN(c2ncnc3sc(C(=O)NCc4ccc(F)cc4)c(C)c23)CC1. The molecular weight excluding hydrogens is 401 g/mol. The molecule has 0 unspecified atom stereocenters. The van der Waals surface area contributed by atoms with Gasteiger partial charge in [-0.2, -0.15) is 0 Å². The molecule has 3 heterocycles. The number of carbonyl (C=O) groups is 1. The second-order valence-electron chi connectivity index (χ2n) is 7.57. The standard InChI is InChI=1S/C22H26FN5OS/c1-3-8-27-9-11-28(12-10-27)20-18-15(2)19(30-22(18)26-14-25-20)21(29)24-13-16-4-6-17(23)7-5-16/h4-7,14H,3,8-13H2,1-2H3,(H,24,29). The highest BCUT2D eigenvalue weighted by molar-refractivity contribution is 7.20. The van der Waals surface area contributed by atoms with Crippen LogP contribution in [0.4, 0.5) is 10.2 Å². The monoisotopic (exact) mass is 427 g/mol. The maximum absolute atomic E-state index is 13.1. The Morgan fingerprint density at radius 2 is 1.90 bits per heavy atom. The summed E-state index contributed by atoms with van der Waals surface area (Å²) in [7, 11) is 0. The van der Waals surface area contributed by atoms with E-state index < -0.39 is 0 Å². The van der Waals surface area contributed by atoms with Crippen LogP contribution >= 0.6 is 11.3 Å². The second kappa shape index (κ2) is 9.06. The van der Waals surface area contributed by atoms with E-state index in [0.717, 1.165) is 66.3 Å². The molecule has 0 aliphatic carbocycles. The molecule has 3 aromatic rings. The molecular formula is C22H26FN5OS. The van der Waals surface area contributed by atoms with Gasteiger partial charge in [0.05, 0.1) is 10.3 Å². The molecule has 6 nitrogen and oxygen atoms in total. The summed E-state index contributed by atoms with van der Waals surface area (Å²) in [6.07, 6.45) is 2.75. The lowest BCUT2D eigenvalue weighted by atomic mass is 10.1. The van der Waals surface area contributed by atoms with Crippen LogP contribution in [0.15, 0.2) is 30.6 Å². The van der Waals surface area contributed by atoms with Gasteiger partial charge in [0.1, 0.15) is 22.8 Å². The number of hydrogen-bond donors (Lipinski definition) is 1. The van der Waals surface area contributed by atoms with Crippen molar-refractivity contribution in [3.63, 3.8) is 0 Å². The summed E-state index contributed by atoms with van der Waals surface area (Å²) in [5, 5.41) is 3.91. The zero-order valence-corrected chi connectivity index (χ0v) is 18.1. The third kappa shape index (κ3) is 4.29. The summed E-state index contributed by atoms with van der Waals surface area (Å²) in [6, 6.07) is 6.15. The van der Waals surface area contributed by atoms with Gasteiger partial charge >= 0.3 is 0 Å². The number of anilines is 1. The molecule has 1 saturated heterocycles. The van der Waals surface area contributed by atoms with E-state index in [1.165, 1.54) is 23.5 Å². The second-order valence-corrected chi connectivity index (χ2v) is 8.57. The highest BCUT2D eigenvalue weighted by Gasteiger charge is 2.24. The Bertz CT molecular complexity index is 1030. The summed E-state index contributed by atoms with van der Waals surface area (Å²) in [5.74, 6) is 0.494. The molecule has 158 valence electrons. The predicted octanol–water partition coefficient (Wildman–Crippen LogP) is 3.60. The lowest BCUT2D eigenvalue weighted by Crippen LogP contribution is -2.46. The summed E-state index contributed by atoms with van der Waals surface area (Å²) in [4.78, 5) is 28.1. The number of benzene rings is 1. The molecule has 1 N–H and O–H groups in total. The minimum Gasteiger partial charge on any atom is -0.353 e. The highest BCUT2D eigenvalue weighted by Crippen LogP contribution is 2.35. The van der Waals surface area contributed by atoms with Crippen molar-refractivity contribution in [3.05, 3.63) is 52.4 Å². The Kier molecular flexibility index (Phi) is 6.24. The zero-order chi connectivity index (χ0) is 21.1. The lowest BCUT2D eigenvalue weighted by molar-refractivity contribution is 0.0954. The summed E-state index contributed by atoms with van der Waals surface area (Å²) < 4.78 is 13.1. The van der Waals surface area contributed by atoms with Gasteiger partial charge in [0.25, 0.3) is 5.91 Å². The Balaban J connectivity index is 1.53. The van der Waals surface area contributed by atoms with Crippen molar-refractivity contribution in [2.45, 2.75) is 26.8 Å².